The van der Waals surface area contributed by atoms with Crippen LogP contribution in [0.5, 0.6) is 0 Å². The quantitative estimate of drug-likeness (QED) is 0.136. The second-order valence-corrected chi connectivity index (χ2v) is 15.7. The zero-order valence-corrected chi connectivity index (χ0v) is 32.3. The molecule has 1 saturated heterocycles. The number of hydrogen-bond donors (Lipinski definition) is 3. The summed E-state index contributed by atoms with van der Waals surface area (Å²) in [5, 5.41) is 8.34. The van der Waals surface area contributed by atoms with E-state index in [2.05, 4.69) is 32.0 Å². The molecule has 0 aliphatic carbocycles. The summed E-state index contributed by atoms with van der Waals surface area (Å²) in [6, 6.07) is 31.1. The minimum atomic E-state index is -0.565. The van der Waals surface area contributed by atoms with E-state index in [0.29, 0.717) is 34.5 Å². The fourth-order valence-corrected chi connectivity index (χ4v) is 7.49. The third kappa shape index (κ3) is 8.34. The number of para-hydroxylation sites is 1. The zero-order valence-electron chi connectivity index (χ0n) is 30.8. The third-order valence-corrected chi connectivity index (χ3v) is 10.2. The van der Waals surface area contributed by atoms with E-state index in [4.69, 9.17) is 32.9 Å². The normalized spacial score (nSPS) is 15.6. The molecule has 9 nitrogen and oxygen atoms in total. The lowest BCUT2D eigenvalue weighted by atomic mass is 9.99. The van der Waals surface area contributed by atoms with E-state index in [1.54, 1.807) is 0 Å². The number of anilines is 1. The first kappa shape index (κ1) is 37.2. The van der Waals surface area contributed by atoms with Gasteiger partial charge in [-0.2, -0.15) is 0 Å². The van der Waals surface area contributed by atoms with Crippen LogP contribution in [-0.4, -0.2) is 56.2 Å². The molecular formula is C43H44Cl2N6O3. The average molecular weight is 764 g/mol. The second kappa shape index (κ2) is 15.7. The van der Waals surface area contributed by atoms with Crippen LogP contribution in [0.4, 0.5) is 10.5 Å². The lowest BCUT2D eigenvalue weighted by molar-refractivity contribution is 0.0470. The Morgan fingerprint density at radius 3 is 2.44 bits per heavy atom. The molecule has 1 fully saturated rings. The number of H-pyrrole nitrogens is 1. The number of rotatable bonds is 9. The number of ether oxygens (including phenoxy) is 1. The lowest BCUT2D eigenvalue weighted by Crippen LogP contribution is -2.48. The van der Waals surface area contributed by atoms with E-state index < -0.39 is 11.7 Å². The molecule has 0 saturated carbocycles. The van der Waals surface area contributed by atoms with Gasteiger partial charge >= 0.3 is 6.09 Å². The molecule has 2 aromatic heterocycles. The SMILES string of the molecule is C[C@@H](c1ccc(Cl)cc1)n1cnc(-c2ccccc2)c1-c1c(C(=O)Nc2ccccc2CN2CCCC(NC(=O)OC(C)(C)C)C2)[nH]c2cc(Cl)ccc12. The number of nitrogens with zero attached hydrogens (tertiary/aromatic N) is 3. The van der Waals surface area contributed by atoms with E-state index in [1.165, 1.54) is 0 Å². The number of fused-ring (bicyclic) bond motifs is 1. The molecule has 11 heteroatoms. The van der Waals surface area contributed by atoms with E-state index >= 15 is 0 Å². The highest BCUT2D eigenvalue weighted by Gasteiger charge is 2.29. The number of imidazole rings is 1. The van der Waals surface area contributed by atoms with Crippen molar-refractivity contribution >= 4 is 51.8 Å². The Morgan fingerprint density at radius 2 is 1.69 bits per heavy atom. The van der Waals surface area contributed by atoms with Gasteiger partial charge in [0, 0.05) is 56.9 Å². The molecule has 278 valence electrons. The van der Waals surface area contributed by atoms with Crippen LogP contribution in [-0.2, 0) is 11.3 Å². The summed E-state index contributed by atoms with van der Waals surface area (Å²) in [6.07, 6.45) is 3.24. The number of aromatic amines is 1. The smallest absolute Gasteiger partial charge is 0.407 e. The van der Waals surface area contributed by atoms with Crippen LogP contribution in [0, 0.1) is 0 Å². The van der Waals surface area contributed by atoms with E-state index in [1.807, 2.05) is 124 Å². The minimum absolute atomic E-state index is 0.0324. The summed E-state index contributed by atoms with van der Waals surface area (Å²) in [7, 11) is 0. The van der Waals surface area contributed by atoms with Crippen molar-refractivity contribution in [3.05, 3.63) is 130 Å². The van der Waals surface area contributed by atoms with Crippen LogP contribution >= 0.6 is 23.2 Å². The van der Waals surface area contributed by atoms with E-state index in [9.17, 15) is 9.59 Å². The maximum atomic E-state index is 14.7. The number of piperidine rings is 1. The number of alkyl carbamates (subject to hydrolysis) is 1. The maximum Gasteiger partial charge on any atom is 0.407 e. The van der Waals surface area contributed by atoms with Crippen molar-refractivity contribution in [3.8, 4) is 22.5 Å². The standard InChI is InChI=1S/C43H44Cl2N6O3/c1-27(28-16-18-31(44)19-17-28)51-26-46-38(29-11-6-5-7-12-29)40(51)37-34-21-20-32(45)23-36(34)48-39(37)41(52)49-35-15-9-8-13-30(35)24-50-22-10-14-33(25-50)47-42(53)54-43(2,3)4/h5-9,11-13,15-21,23,26-27,33,48H,10,14,22,24-25H2,1-4H3,(H,47,53)(H,49,52)/t27-,33?/m0/s1. The third-order valence-electron chi connectivity index (χ3n) is 9.72. The molecule has 1 unspecified atom stereocenters. The van der Waals surface area contributed by atoms with Gasteiger partial charge in [-0.05, 0) is 88.5 Å². The summed E-state index contributed by atoms with van der Waals surface area (Å²) in [5.74, 6) is -0.293. The van der Waals surface area contributed by atoms with Gasteiger partial charge in [0.15, 0.2) is 0 Å². The van der Waals surface area contributed by atoms with Gasteiger partial charge in [0.05, 0.1) is 23.8 Å². The highest BCUT2D eigenvalue weighted by Crippen LogP contribution is 2.41. The average Bonchev–Trinajstić information content (AvgIpc) is 3.74. The number of carbonyl (C=O) groups is 2. The monoisotopic (exact) mass is 762 g/mol. The van der Waals surface area contributed by atoms with Gasteiger partial charge < -0.3 is 24.9 Å². The highest BCUT2D eigenvalue weighted by atomic mass is 35.5. The maximum absolute atomic E-state index is 14.7. The highest BCUT2D eigenvalue weighted by molar-refractivity contribution is 6.31. The number of aromatic nitrogens is 3. The Morgan fingerprint density at radius 1 is 0.963 bits per heavy atom. The first-order chi connectivity index (χ1) is 25.9. The number of benzene rings is 4. The number of likely N-dealkylation sites (tertiary alicyclic amines) is 1. The second-order valence-electron chi connectivity index (χ2n) is 14.8. The predicted octanol–water partition coefficient (Wildman–Crippen LogP) is 10.4. The fraction of sp³-hybridized carbons (Fsp3) is 0.279. The molecule has 3 heterocycles. The number of carbonyl (C=O) groups excluding carboxylic acids is 2. The molecule has 2 amide bonds. The Labute approximate surface area is 325 Å². The van der Waals surface area contributed by atoms with Gasteiger partial charge in [0.25, 0.3) is 5.91 Å². The van der Waals surface area contributed by atoms with Crippen molar-refractivity contribution in [1.82, 2.24) is 24.8 Å². The molecule has 2 atom stereocenters. The lowest BCUT2D eigenvalue weighted by Gasteiger charge is -2.34. The molecular weight excluding hydrogens is 719 g/mol. The van der Waals surface area contributed by atoms with E-state index in [0.717, 1.165) is 63.9 Å². The summed E-state index contributed by atoms with van der Waals surface area (Å²) < 4.78 is 7.62. The molecule has 4 aromatic carbocycles. The van der Waals surface area contributed by atoms with Crippen LogP contribution in [0.2, 0.25) is 10.0 Å². The molecule has 0 spiro atoms. The van der Waals surface area contributed by atoms with Crippen molar-refractivity contribution in [2.75, 3.05) is 18.4 Å². The Kier molecular flexibility index (Phi) is 10.8. The first-order valence-electron chi connectivity index (χ1n) is 18.2. The van der Waals surface area contributed by atoms with Gasteiger partial charge in [-0.15, -0.1) is 0 Å². The van der Waals surface area contributed by atoms with E-state index in [-0.39, 0.29) is 18.0 Å². The van der Waals surface area contributed by atoms with Crippen LogP contribution in [0.1, 0.15) is 68.2 Å². The largest absolute Gasteiger partial charge is 0.444 e. The van der Waals surface area contributed by atoms with Crippen molar-refractivity contribution in [2.24, 2.45) is 0 Å². The number of amides is 2. The molecule has 6 aromatic rings. The summed E-state index contributed by atoms with van der Waals surface area (Å²) >= 11 is 12.8. The van der Waals surface area contributed by atoms with Gasteiger partial charge in [-0.3, -0.25) is 9.69 Å². The van der Waals surface area contributed by atoms with Crippen LogP contribution in [0.25, 0.3) is 33.4 Å². The van der Waals surface area contributed by atoms with Gasteiger partial charge in [0.1, 0.15) is 11.3 Å². The fourth-order valence-electron chi connectivity index (χ4n) is 7.19. The topological polar surface area (TPSA) is 104 Å². The van der Waals surface area contributed by atoms with Crippen molar-refractivity contribution in [2.45, 2.75) is 64.8 Å². The molecule has 1 aliphatic rings. The Hall–Kier alpha value is -5.09. The van der Waals surface area contributed by atoms with Gasteiger partial charge in [-0.1, -0.05) is 89.9 Å². The number of halogens is 2. The van der Waals surface area contributed by atoms with Crippen molar-refractivity contribution < 1.29 is 14.3 Å². The molecule has 7 rings (SSSR count). The van der Waals surface area contributed by atoms with Crippen molar-refractivity contribution in [3.63, 3.8) is 0 Å². The van der Waals surface area contributed by atoms with Gasteiger partial charge in [0.2, 0.25) is 0 Å². The predicted molar refractivity (Wildman–Crippen MR) is 217 cm³/mol. The summed E-state index contributed by atoms with van der Waals surface area (Å²) in [5.41, 5.74) is 6.48. The number of nitrogens with one attached hydrogen (secondary N) is 3. The number of hydrogen-bond acceptors (Lipinski definition) is 5. The molecule has 54 heavy (non-hydrogen) atoms. The molecule has 1 aliphatic heterocycles. The molecule has 0 bridgehead atoms. The first-order valence-corrected chi connectivity index (χ1v) is 19.0. The Balaban J connectivity index is 1.24. The van der Waals surface area contributed by atoms with Crippen molar-refractivity contribution in [1.29, 1.82) is 0 Å². The van der Waals surface area contributed by atoms with Crippen LogP contribution in [0.3, 0.4) is 0 Å². The zero-order chi connectivity index (χ0) is 38.0. The molecule has 3 N–H and O–H groups in total. The Bertz CT molecular complexity index is 2280. The summed E-state index contributed by atoms with van der Waals surface area (Å²) in [4.78, 5) is 37.9. The minimum Gasteiger partial charge on any atom is -0.444 e. The van der Waals surface area contributed by atoms with Crippen LogP contribution in [0.15, 0.2) is 103 Å². The molecule has 0 radical (unpaired) electrons. The van der Waals surface area contributed by atoms with Crippen LogP contribution < -0.4 is 10.6 Å². The summed E-state index contributed by atoms with van der Waals surface area (Å²) in [6.45, 7) is 9.83. The van der Waals surface area contributed by atoms with Gasteiger partial charge in [-0.25, -0.2) is 9.78 Å².